The summed E-state index contributed by atoms with van der Waals surface area (Å²) in [5.41, 5.74) is -0.0780. The predicted molar refractivity (Wildman–Crippen MR) is 86.2 cm³/mol. The lowest BCUT2D eigenvalue weighted by molar-refractivity contribution is -0.0871. The highest BCUT2D eigenvalue weighted by Gasteiger charge is 2.40. The van der Waals surface area contributed by atoms with Crippen LogP contribution >= 0.6 is 0 Å². The van der Waals surface area contributed by atoms with E-state index in [0.717, 1.165) is 13.0 Å². The highest BCUT2D eigenvalue weighted by atomic mass is 19.1. The van der Waals surface area contributed by atoms with Gasteiger partial charge in [-0.25, -0.2) is 4.39 Å². The molecule has 0 radical (unpaired) electrons. The second kappa shape index (κ2) is 6.94. The van der Waals surface area contributed by atoms with Crippen molar-refractivity contribution < 1.29 is 23.4 Å². The minimum Gasteiger partial charge on any atom is -0.493 e. The molecule has 0 unspecified atom stereocenters. The molecular weight excluding hydrogens is 315 g/mol. The predicted octanol–water partition coefficient (Wildman–Crippen LogP) is 1.39. The van der Waals surface area contributed by atoms with Gasteiger partial charge in [-0.1, -0.05) is 0 Å². The number of halogens is 1. The maximum absolute atomic E-state index is 14.4. The number of hydrogen-bond donors (Lipinski definition) is 0. The van der Waals surface area contributed by atoms with Crippen LogP contribution in [-0.2, 0) is 4.74 Å². The van der Waals surface area contributed by atoms with E-state index >= 15 is 0 Å². The number of morpholine rings is 1. The normalized spacial score (nSPS) is 24.4. The molecule has 1 aromatic rings. The van der Waals surface area contributed by atoms with Gasteiger partial charge in [-0.05, 0) is 25.6 Å². The van der Waals surface area contributed by atoms with Crippen molar-refractivity contribution in [2.45, 2.75) is 18.6 Å². The van der Waals surface area contributed by atoms with E-state index in [1.807, 2.05) is 7.05 Å². The van der Waals surface area contributed by atoms with Gasteiger partial charge in [0.15, 0.2) is 11.5 Å². The van der Waals surface area contributed by atoms with Gasteiger partial charge in [0.1, 0.15) is 11.4 Å². The third kappa shape index (κ3) is 2.93. The number of rotatable bonds is 3. The molecule has 2 heterocycles. The van der Waals surface area contributed by atoms with Gasteiger partial charge in [0.05, 0.1) is 33.0 Å². The lowest BCUT2D eigenvalue weighted by atomic mass is 9.98. The molecule has 0 aliphatic carbocycles. The largest absolute Gasteiger partial charge is 0.493 e. The Labute approximate surface area is 141 Å². The highest BCUT2D eigenvalue weighted by Crippen LogP contribution is 2.35. The van der Waals surface area contributed by atoms with E-state index in [-0.39, 0.29) is 29.4 Å². The van der Waals surface area contributed by atoms with E-state index in [0.29, 0.717) is 25.4 Å². The number of fused-ring (bicyclic) bond motifs is 1. The minimum absolute atomic E-state index is 0.00133. The SMILES string of the molecule is COc1ccc(F)c(C(=O)N2CCO[C@@H]3CCN(C)C[C@H]32)c1OC. The molecule has 0 N–H and O–H groups in total. The van der Waals surface area contributed by atoms with E-state index in [1.165, 1.54) is 26.4 Å². The zero-order valence-corrected chi connectivity index (χ0v) is 14.3. The zero-order valence-electron chi connectivity index (χ0n) is 14.3. The maximum atomic E-state index is 14.4. The average molecular weight is 338 g/mol. The van der Waals surface area contributed by atoms with Gasteiger partial charge >= 0.3 is 0 Å². The maximum Gasteiger partial charge on any atom is 0.261 e. The molecule has 1 amide bonds. The molecule has 3 rings (SSSR count). The third-order valence-corrected chi connectivity index (χ3v) is 4.76. The summed E-state index contributed by atoms with van der Waals surface area (Å²) in [5, 5.41) is 0. The summed E-state index contributed by atoms with van der Waals surface area (Å²) in [7, 11) is 4.88. The van der Waals surface area contributed by atoms with Crippen LogP contribution in [0.25, 0.3) is 0 Å². The lowest BCUT2D eigenvalue weighted by Crippen LogP contribution is -2.60. The van der Waals surface area contributed by atoms with E-state index < -0.39 is 5.82 Å². The first-order valence-electron chi connectivity index (χ1n) is 8.08. The van der Waals surface area contributed by atoms with E-state index in [4.69, 9.17) is 14.2 Å². The lowest BCUT2D eigenvalue weighted by Gasteiger charge is -2.46. The van der Waals surface area contributed by atoms with Crippen LogP contribution in [0.1, 0.15) is 16.8 Å². The summed E-state index contributed by atoms with van der Waals surface area (Å²) in [6.07, 6.45) is 0.862. The van der Waals surface area contributed by atoms with Gasteiger partial charge < -0.3 is 24.0 Å². The Morgan fingerprint density at radius 2 is 2.08 bits per heavy atom. The van der Waals surface area contributed by atoms with Crippen LogP contribution in [0.2, 0.25) is 0 Å². The molecule has 1 aromatic carbocycles. The van der Waals surface area contributed by atoms with Crippen molar-refractivity contribution in [3.63, 3.8) is 0 Å². The number of methoxy groups -OCH3 is 2. The van der Waals surface area contributed by atoms with Crippen molar-refractivity contribution in [2.75, 3.05) is 47.5 Å². The standard InChI is InChI=1S/C17H23FN2O4/c1-19-7-6-13-12(10-19)20(8-9-24-13)17(21)15-11(18)4-5-14(22-2)16(15)23-3/h4-5,12-13H,6-10H2,1-3H3/t12-,13-/m1/s1. The Bertz CT molecular complexity index is 625. The molecule has 0 bridgehead atoms. The van der Waals surface area contributed by atoms with Gasteiger partial charge in [0.25, 0.3) is 5.91 Å². The Morgan fingerprint density at radius 1 is 1.29 bits per heavy atom. The van der Waals surface area contributed by atoms with E-state index in [1.54, 1.807) is 4.90 Å². The van der Waals surface area contributed by atoms with Crippen molar-refractivity contribution in [3.8, 4) is 11.5 Å². The summed E-state index contributed by atoms with van der Waals surface area (Å²) >= 11 is 0. The van der Waals surface area contributed by atoms with Gasteiger partial charge in [0.2, 0.25) is 0 Å². The highest BCUT2D eigenvalue weighted by molar-refractivity contribution is 5.98. The van der Waals surface area contributed by atoms with Crippen LogP contribution in [0.5, 0.6) is 11.5 Å². The molecule has 0 spiro atoms. The number of hydrogen-bond acceptors (Lipinski definition) is 5. The van der Waals surface area contributed by atoms with Crippen LogP contribution in [0.3, 0.4) is 0 Å². The quantitative estimate of drug-likeness (QED) is 0.834. The summed E-state index contributed by atoms with van der Waals surface area (Å²) < 4.78 is 30.7. The number of likely N-dealkylation sites (N-methyl/N-ethyl adjacent to an activating group) is 1. The third-order valence-electron chi connectivity index (χ3n) is 4.76. The second-order valence-electron chi connectivity index (χ2n) is 6.18. The van der Waals surface area contributed by atoms with Gasteiger partial charge in [-0.3, -0.25) is 4.79 Å². The molecule has 2 aliphatic heterocycles. The first-order chi connectivity index (χ1) is 11.6. The number of benzene rings is 1. The van der Waals surface area contributed by atoms with Crippen molar-refractivity contribution in [1.82, 2.24) is 9.80 Å². The molecule has 0 saturated carbocycles. The number of likely N-dealkylation sites (tertiary alicyclic amines) is 1. The number of ether oxygens (including phenoxy) is 3. The summed E-state index contributed by atoms with van der Waals surface area (Å²) in [6, 6.07) is 2.61. The Morgan fingerprint density at radius 3 is 2.79 bits per heavy atom. The first-order valence-corrected chi connectivity index (χ1v) is 8.08. The molecule has 7 heteroatoms. The number of nitrogens with zero attached hydrogens (tertiary/aromatic N) is 2. The smallest absolute Gasteiger partial charge is 0.261 e. The Balaban J connectivity index is 1.96. The second-order valence-corrected chi connectivity index (χ2v) is 6.18. The van der Waals surface area contributed by atoms with Gasteiger partial charge in [-0.15, -0.1) is 0 Å². The number of carbonyl (C=O) groups is 1. The summed E-state index contributed by atoms with van der Waals surface area (Å²) in [6.45, 7) is 2.54. The molecule has 24 heavy (non-hydrogen) atoms. The number of piperidine rings is 1. The van der Waals surface area contributed by atoms with Crippen molar-refractivity contribution in [1.29, 1.82) is 0 Å². The molecule has 2 fully saturated rings. The minimum atomic E-state index is -0.607. The fraction of sp³-hybridized carbons (Fsp3) is 0.588. The molecular formula is C17H23FN2O4. The molecule has 132 valence electrons. The topological polar surface area (TPSA) is 51.2 Å². The molecule has 2 saturated heterocycles. The fourth-order valence-corrected chi connectivity index (χ4v) is 3.53. The molecule has 0 aromatic heterocycles. The number of amides is 1. The Hall–Kier alpha value is -1.86. The van der Waals surface area contributed by atoms with Crippen LogP contribution in [0.4, 0.5) is 4.39 Å². The van der Waals surface area contributed by atoms with Crippen LogP contribution < -0.4 is 9.47 Å². The molecule has 2 aliphatic rings. The summed E-state index contributed by atoms with van der Waals surface area (Å²) in [5.74, 6) is -0.510. The Kier molecular flexibility index (Phi) is 4.91. The van der Waals surface area contributed by atoms with Gasteiger partial charge in [-0.2, -0.15) is 0 Å². The average Bonchev–Trinajstić information content (AvgIpc) is 2.60. The molecule has 2 atom stereocenters. The van der Waals surface area contributed by atoms with Crippen LogP contribution in [-0.4, -0.2) is 75.4 Å². The summed E-state index contributed by atoms with van der Waals surface area (Å²) in [4.78, 5) is 17.0. The first kappa shape index (κ1) is 17.0. The molecule has 6 nitrogen and oxygen atoms in total. The van der Waals surface area contributed by atoms with Crippen LogP contribution in [0.15, 0.2) is 12.1 Å². The van der Waals surface area contributed by atoms with Crippen molar-refractivity contribution in [3.05, 3.63) is 23.5 Å². The monoisotopic (exact) mass is 338 g/mol. The fourth-order valence-electron chi connectivity index (χ4n) is 3.53. The van der Waals surface area contributed by atoms with E-state index in [2.05, 4.69) is 4.90 Å². The van der Waals surface area contributed by atoms with Crippen molar-refractivity contribution >= 4 is 5.91 Å². The van der Waals surface area contributed by atoms with Crippen molar-refractivity contribution in [2.24, 2.45) is 0 Å². The van der Waals surface area contributed by atoms with Gasteiger partial charge in [0, 0.05) is 19.6 Å². The van der Waals surface area contributed by atoms with E-state index in [9.17, 15) is 9.18 Å². The van der Waals surface area contributed by atoms with Crippen LogP contribution in [0, 0.1) is 5.82 Å². The number of carbonyl (C=O) groups excluding carboxylic acids is 1. The zero-order chi connectivity index (χ0) is 17.3.